The highest BCUT2D eigenvalue weighted by atomic mass is 35.5. The Bertz CT molecular complexity index is 821. The van der Waals surface area contributed by atoms with Gasteiger partial charge in [0.25, 0.3) is 0 Å². The first-order valence-electron chi connectivity index (χ1n) is 6.95. The molecule has 1 N–H and O–H groups in total. The zero-order valence-corrected chi connectivity index (χ0v) is 15.0. The van der Waals surface area contributed by atoms with Crippen LogP contribution < -0.4 is 14.8 Å². The Hall–Kier alpha value is -2.02. The monoisotopic (exact) mass is 381 g/mol. The van der Waals surface area contributed by atoms with Gasteiger partial charge in [-0.2, -0.15) is 0 Å². The summed E-state index contributed by atoms with van der Waals surface area (Å²) < 4.78 is 10.8. The average molecular weight is 382 g/mol. The van der Waals surface area contributed by atoms with Gasteiger partial charge in [0.1, 0.15) is 18.1 Å². The van der Waals surface area contributed by atoms with E-state index < -0.39 is 0 Å². The average Bonchev–Trinajstić information content (AvgIpc) is 3.00. The lowest BCUT2D eigenvalue weighted by Gasteiger charge is -2.05. The minimum Gasteiger partial charge on any atom is -0.497 e. The summed E-state index contributed by atoms with van der Waals surface area (Å²) >= 11 is 13.3. The quantitative estimate of drug-likeness (QED) is 0.637. The molecule has 2 aromatic carbocycles. The Morgan fingerprint density at radius 3 is 2.58 bits per heavy atom. The van der Waals surface area contributed by atoms with Crippen molar-refractivity contribution < 1.29 is 9.47 Å². The lowest BCUT2D eigenvalue weighted by Crippen LogP contribution is -1.94. The van der Waals surface area contributed by atoms with Crippen LogP contribution in [0, 0.1) is 0 Å². The van der Waals surface area contributed by atoms with Crippen molar-refractivity contribution in [3.8, 4) is 11.5 Å². The molecular formula is C16H13Cl2N3O2S. The maximum Gasteiger partial charge on any atom is 0.210 e. The molecule has 8 heteroatoms. The lowest BCUT2D eigenvalue weighted by molar-refractivity contribution is 0.304. The van der Waals surface area contributed by atoms with Crippen LogP contribution >= 0.6 is 34.5 Å². The molecule has 3 rings (SSSR count). The third-order valence-corrected chi connectivity index (χ3v) is 4.23. The zero-order chi connectivity index (χ0) is 16.9. The van der Waals surface area contributed by atoms with Gasteiger partial charge >= 0.3 is 0 Å². The van der Waals surface area contributed by atoms with E-state index in [-0.39, 0.29) is 6.61 Å². The molecule has 5 nitrogen and oxygen atoms in total. The van der Waals surface area contributed by atoms with Crippen molar-refractivity contribution >= 4 is 45.4 Å². The smallest absolute Gasteiger partial charge is 0.210 e. The molecule has 0 saturated carbocycles. The number of ether oxygens (including phenoxy) is 2. The van der Waals surface area contributed by atoms with Crippen LogP contribution in [0.1, 0.15) is 5.01 Å². The van der Waals surface area contributed by atoms with Gasteiger partial charge in [0, 0.05) is 21.8 Å². The van der Waals surface area contributed by atoms with Crippen molar-refractivity contribution in [1.82, 2.24) is 10.2 Å². The van der Waals surface area contributed by atoms with E-state index in [1.165, 1.54) is 11.3 Å². The van der Waals surface area contributed by atoms with E-state index in [9.17, 15) is 0 Å². The van der Waals surface area contributed by atoms with Crippen molar-refractivity contribution in [3.05, 3.63) is 57.5 Å². The molecule has 1 aromatic heterocycles. The summed E-state index contributed by atoms with van der Waals surface area (Å²) in [6.45, 7) is 0.286. The molecular weight excluding hydrogens is 369 g/mol. The molecule has 24 heavy (non-hydrogen) atoms. The van der Waals surface area contributed by atoms with Gasteiger partial charge in [-0.3, -0.25) is 0 Å². The molecule has 0 saturated heterocycles. The number of rotatable bonds is 6. The van der Waals surface area contributed by atoms with Crippen LogP contribution in [0.5, 0.6) is 11.5 Å². The lowest BCUT2D eigenvalue weighted by atomic mass is 10.3. The van der Waals surface area contributed by atoms with E-state index in [1.54, 1.807) is 25.3 Å². The first-order chi connectivity index (χ1) is 11.6. The predicted molar refractivity (Wildman–Crippen MR) is 97.0 cm³/mol. The SMILES string of the molecule is COc1cccc(Nc2nnc(COc3cc(Cl)cc(Cl)c3)s2)c1. The molecule has 0 spiro atoms. The molecule has 124 valence electrons. The van der Waals surface area contributed by atoms with Gasteiger partial charge in [0.05, 0.1) is 7.11 Å². The minimum atomic E-state index is 0.286. The Balaban J connectivity index is 1.62. The largest absolute Gasteiger partial charge is 0.497 e. The maximum atomic E-state index is 5.94. The van der Waals surface area contributed by atoms with Gasteiger partial charge in [-0.05, 0) is 30.3 Å². The number of halogens is 2. The van der Waals surface area contributed by atoms with Gasteiger partial charge in [-0.1, -0.05) is 40.6 Å². The van der Waals surface area contributed by atoms with Crippen LogP contribution in [0.25, 0.3) is 0 Å². The fraction of sp³-hybridized carbons (Fsp3) is 0.125. The first kappa shape index (κ1) is 16.8. The molecule has 0 unspecified atom stereocenters. The highest BCUT2D eigenvalue weighted by molar-refractivity contribution is 7.15. The van der Waals surface area contributed by atoms with Gasteiger partial charge in [-0.15, -0.1) is 10.2 Å². The van der Waals surface area contributed by atoms with E-state index in [0.717, 1.165) is 16.4 Å². The molecule has 0 aliphatic carbocycles. The molecule has 3 aromatic rings. The van der Waals surface area contributed by atoms with Gasteiger partial charge in [-0.25, -0.2) is 0 Å². The first-order valence-corrected chi connectivity index (χ1v) is 8.52. The van der Waals surface area contributed by atoms with Crippen molar-refractivity contribution in [2.24, 2.45) is 0 Å². The topological polar surface area (TPSA) is 56.3 Å². The minimum absolute atomic E-state index is 0.286. The summed E-state index contributed by atoms with van der Waals surface area (Å²) in [4.78, 5) is 0. The van der Waals surface area contributed by atoms with E-state index >= 15 is 0 Å². The predicted octanol–water partition coefficient (Wildman–Crippen LogP) is 5.18. The van der Waals surface area contributed by atoms with Gasteiger partial charge < -0.3 is 14.8 Å². The van der Waals surface area contributed by atoms with Gasteiger partial charge in [0.15, 0.2) is 5.01 Å². The Kier molecular flexibility index (Phi) is 5.40. The van der Waals surface area contributed by atoms with Crippen LogP contribution in [-0.2, 0) is 6.61 Å². The van der Waals surface area contributed by atoms with E-state index in [2.05, 4.69) is 15.5 Å². The maximum absolute atomic E-state index is 5.94. The molecule has 0 atom stereocenters. The van der Waals surface area contributed by atoms with Gasteiger partial charge in [0.2, 0.25) is 5.13 Å². The van der Waals surface area contributed by atoms with Crippen molar-refractivity contribution in [2.45, 2.75) is 6.61 Å². The summed E-state index contributed by atoms with van der Waals surface area (Å²) in [6, 6.07) is 12.6. The molecule has 0 radical (unpaired) electrons. The van der Waals surface area contributed by atoms with Crippen molar-refractivity contribution in [1.29, 1.82) is 0 Å². The number of hydrogen-bond acceptors (Lipinski definition) is 6. The second-order valence-corrected chi connectivity index (χ2v) is 6.69. The number of aromatic nitrogens is 2. The molecule has 0 aliphatic heterocycles. The number of nitrogens with one attached hydrogen (secondary N) is 1. The second kappa shape index (κ2) is 7.70. The molecule has 0 fully saturated rings. The number of benzene rings is 2. The van der Waals surface area contributed by atoms with E-state index in [4.69, 9.17) is 32.7 Å². The van der Waals surface area contributed by atoms with Crippen molar-refractivity contribution in [3.63, 3.8) is 0 Å². The Morgan fingerprint density at radius 1 is 1.04 bits per heavy atom. The van der Waals surface area contributed by atoms with Crippen LogP contribution in [-0.4, -0.2) is 17.3 Å². The fourth-order valence-corrected chi connectivity index (χ4v) is 3.12. The number of methoxy groups -OCH3 is 1. The summed E-state index contributed by atoms with van der Waals surface area (Å²) in [5, 5.41) is 13.8. The van der Waals surface area contributed by atoms with E-state index in [0.29, 0.717) is 20.9 Å². The Morgan fingerprint density at radius 2 is 1.83 bits per heavy atom. The fourth-order valence-electron chi connectivity index (χ4n) is 1.94. The van der Waals surface area contributed by atoms with Crippen LogP contribution in [0.15, 0.2) is 42.5 Å². The summed E-state index contributed by atoms with van der Waals surface area (Å²) in [7, 11) is 1.63. The number of nitrogens with zero attached hydrogens (tertiary/aromatic N) is 2. The zero-order valence-electron chi connectivity index (χ0n) is 12.6. The molecule has 0 aliphatic rings. The summed E-state index contributed by atoms with van der Waals surface area (Å²) in [6.07, 6.45) is 0. The number of anilines is 2. The van der Waals surface area contributed by atoms with Crippen LogP contribution in [0.2, 0.25) is 10.0 Å². The Labute approximate surface area is 153 Å². The third-order valence-electron chi connectivity index (χ3n) is 2.99. The highest BCUT2D eigenvalue weighted by Gasteiger charge is 2.07. The van der Waals surface area contributed by atoms with E-state index in [1.807, 2.05) is 24.3 Å². The molecule has 0 bridgehead atoms. The number of hydrogen-bond donors (Lipinski definition) is 1. The van der Waals surface area contributed by atoms with Crippen LogP contribution in [0.4, 0.5) is 10.8 Å². The van der Waals surface area contributed by atoms with Crippen LogP contribution in [0.3, 0.4) is 0 Å². The standard InChI is InChI=1S/C16H13Cl2N3O2S/c1-22-13-4-2-3-12(8-13)19-16-21-20-15(24-16)9-23-14-6-10(17)5-11(18)7-14/h2-8H,9H2,1H3,(H,19,21). The summed E-state index contributed by atoms with van der Waals surface area (Å²) in [5.74, 6) is 1.36. The second-order valence-electron chi connectivity index (χ2n) is 4.75. The summed E-state index contributed by atoms with van der Waals surface area (Å²) in [5.41, 5.74) is 0.875. The third kappa shape index (κ3) is 4.50. The molecule has 0 amide bonds. The highest BCUT2D eigenvalue weighted by Crippen LogP contribution is 2.27. The molecule has 1 heterocycles. The normalized spacial score (nSPS) is 10.5. The van der Waals surface area contributed by atoms with Crippen molar-refractivity contribution in [2.75, 3.05) is 12.4 Å².